The van der Waals surface area contributed by atoms with Gasteiger partial charge in [0, 0.05) is 17.3 Å². The number of hydrogen-bond acceptors (Lipinski definition) is 4. The van der Waals surface area contributed by atoms with Crippen molar-refractivity contribution in [1.82, 2.24) is 10.6 Å². The van der Waals surface area contributed by atoms with Crippen molar-refractivity contribution in [2.45, 2.75) is 32.9 Å². The highest BCUT2D eigenvalue weighted by Crippen LogP contribution is 2.10. The van der Waals surface area contributed by atoms with Gasteiger partial charge in [-0.25, -0.2) is 0 Å². The molecule has 0 spiro atoms. The number of rotatable bonds is 8. The van der Waals surface area contributed by atoms with E-state index < -0.39 is 0 Å². The number of anilines is 1. The van der Waals surface area contributed by atoms with E-state index in [1.54, 1.807) is 36.6 Å². The molecule has 0 saturated carbocycles. The summed E-state index contributed by atoms with van der Waals surface area (Å²) in [7, 11) is 0. The molecule has 2 amide bonds. The van der Waals surface area contributed by atoms with Crippen LogP contribution in [-0.2, 0) is 11.3 Å². The molecular weight excluding hydrogens is 306 g/mol. The molecule has 2 aromatic rings. The summed E-state index contributed by atoms with van der Waals surface area (Å²) in [6, 6.07) is 10.6. The standard InChI is InChI=1S/C18H23N3O3/c1-3-13(2)20-18(23)14-6-8-15(9-7-14)21-17(22)12-19-11-16-5-4-10-24-16/h4-10,13,19H,3,11-12H2,1-2H3,(H,20,23)(H,21,22). The molecule has 0 aliphatic rings. The fourth-order valence-electron chi connectivity index (χ4n) is 2.03. The number of carbonyl (C=O) groups is 2. The summed E-state index contributed by atoms with van der Waals surface area (Å²) in [5, 5.41) is 8.67. The minimum absolute atomic E-state index is 0.109. The zero-order chi connectivity index (χ0) is 17.4. The lowest BCUT2D eigenvalue weighted by atomic mass is 10.1. The lowest BCUT2D eigenvalue weighted by Crippen LogP contribution is -2.31. The first kappa shape index (κ1) is 17.7. The first-order chi connectivity index (χ1) is 11.6. The quantitative estimate of drug-likeness (QED) is 0.695. The predicted molar refractivity (Wildman–Crippen MR) is 92.7 cm³/mol. The van der Waals surface area contributed by atoms with Gasteiger partial charge >= 0.3 is 0 Å². The molecular formula is C18H23N3O3. The maximum absolute atomic E-state index is 12.0. The van der Waals surface area contributed by atoms with E-state index in [1.807, 2.05) is 19.9 Å². The lowest BCUT2D eigenvalue weighted by Gasteiger charge is -2.12. The topological polar surface area (TPSA) is 83.4 Å². The van der Waals surface area contributed by atoms with Gasteiger partial charge in [-0.1, -0.05) is 6.92 Å². The van der Waals surface area contributed by atoms with Crippen molar-refractivity contribution in [3.63, 3.8) is 0 Å². The second-order valence-electron chi connectivity index (χ2n) is 5.59. The smallest absolute Gasteiger partial charge is 0.251 e. The Morgan fingerprint density at radius 3 is 2.54 bits per heavy atom. The molecule has 3 N–H and O–H groups in total. The largest absolute Gasteiger partial charge is 0.468 e. The summed E-state index contributed by atoms with van der Waals surface area (Å²) in [4.78, 5) is 23.8. The molecule has 0 aliphatic heterocycles. The maximum atomic E-state index is 12.0. The highest BCUT2D eigenvalue weighted by atomic mass is 16.3. The Morgan fingerprint density at radius 2 is 1.92 bits per heavy atom. The number of amides is 2. The van der Waals surface area contributed by atoms with E-state index >= 15 is 0 Å². The van der Waals surface area contributed by atoms with Gasteiger partial charge in [-0.2, -0.15) is 0 Å². The minimum atomic E-state index is -0.154. The number of furan rings is 1. The Kier molecular flexibility index (Phi) is 6.57. The van der Waals surface area contributed by atoms with Crippen LogP contribution in [0.3, 0.4) is 0 Å². The molecule has 0 aliphatic carbocycles. The van der Waals surface area contributed by atoms with Crippen molar-refractivity contribution in [3.8, 4) is 0 Å². The summed E-state index contributed by atoms with van der Waals surface area (Å²) in [5.41, 5.74) is 1.23. The van der Waals surface area contributed by atoms with Crippen molar-refractivity contribution >= 4 is 17.5 Å². The molecule has 2 rings (SSSR count). The van der Waals surface area contributed by atoms with Crippen LogP contribution in [0.4, 0.5) is 5.69 Å². The number of nitrogens with one attached hydrogen (secondary N) is 3. The Bertz CT molecular complexity index is 651. The van der Waals surface area contributed by atoms with Gasteiger partial charge in [0.2, 0.25) is 5.91 Å². The Labute approximate surface area is 141 Å². The lowest BCUT2D eigenvalue weighted by molar-refractivity contribution is -0.115. The number of hydrogen-bond donors (Lipinski definition) is 3. The Hall–Kier alpha value is -2.60. The van der Waals surface area contributed by atoms with E-state index in [1.165, 1.54) is 0 Å². The van der Waals surface area contributed by atoms with Crippen LogP contribution in [-0.4, -0.2) is 24.4 Å². The average molecular weight is 329 g/mol. The van der Waals surface area contributed by atoms with Crippen molar-refractivity contribution < 1.29 is 14.0 Å². The third kappa shape index (κ3) is 5.55. The molecule has 6 heteroatoms. The van der Waals surface area contributed by atoms with Gasteiger partial charge in [0.25, 0.3) is 5.91 Å². The summed E-state index contributed by atoms with van der Waals surface area (Å²) in [5.74, 6) is 0.514. The van der Waals surface area contributed by atoms with Crippen LogP contribution in [0.2, 0.25) is 0 Å². The van der Waals surface area contributed by atoms with E-state index in [-0.39, 0.29) is 24.4 Å². The molecule has 0 saturated heterocycles. The molecule has 24 heavy (non-hydrogen) atoms. The van der Waals surface area contributed by atoms with E-state index in [9.17, 15) is 9.59 Å². The minimum Gasteiger partial charge on any atom is -0.468 e. The first-order valence-electron chi connectivity index (χ1n) is 8.02. The SMILES string of the molecule is CCC(C)NC(=O)c1ccc(NC(=O)CNCc2ccco2)cc1. The van der Waals surface area contributed by atoms with Gasteiger partial charge in [0.05, 0.1) is 19.4 Å². The highest BCUT2D eigenvalue weighted by Gasteiger charge is 2.09. The summed E-state index contributed by atoms with van der Waals surface area (Å²) < 4.78 is 5.17. The van der Waals surface area contributed by atoms with Crippen LogP contribution in [0.15, 0.2) is 47.1 Å². The second-order valence-corrected chi connectivity index (χ2v) is 5.59. The van der Waals surface area contributed by atoms with Gasteiger partial charge in [-0.05, 0) is 49.7 Å². The fourth-order valence-corrected chi connectivity index (χ4v) is 2.03. The number of carbonyl (C=O) groups excluding carboxylic acids is 2. The molecule has 1 heterocycles. The number of benzene rings is 1. The normalized spacial score (nSPS) is 11.8. The molecule has 1 aromatic carbocycles. The van der Waals surface area contributed by atoms with Crippen LogP contribution in [0.5, 0.6) is 0 Å². The van der Waals surface area contributed by atoms with E-state index in [0.717, 1.165) is 12.2 Å². The van der Waals surface area contributed by atoms with Crippen LogP contribution in [0.1, 0.15) is 36.4 Å². The van der Waals surface area contributed by atoms with Gasteiger partial charge in [0.1, 0.15) is 5.76 Å². The van der Waals surface area contributed by atoms with Crippen molar-refractivity contribution in [2.75, 3.05) is 11.9 Å². The molecule has 0 bridgehead atoms. The van der Waals surface area contributed by atoms with Crippen molar-refractivity contribution in [2.24, 2.45) is 0 Å². The molecule has 128 valence electrons. The maximum Gasteiger partial charge on any atom is 0.251 e. The van der Waals surface area contributed by atoms with E-state index in [0.29, 0.717) is 17.8 Å². The molecule has 1 atom stereocenters. The van der Waals surface area contributed by atoms with E-state index in [4.69, 9.17) is 4.42 Å². The fraction of sp³-hybridized carbons (Fsp3) is 0.333. The third-order valence-corrected chi connectivity index (χ3v) is 3.59. The van der Waals surface area contributed by atoms with Gasteiger partial charge in [0.15, 0.2) is 0 Å². The highest BCUT2D eigenvalue weighted by molar-refractivity contribution is 5.96. The monoisotopic (exact) mass is 329 g/mol. The van der Waals surface area contributed by atoms with E-state index in [2.05, 4.69) is 16.0 Å². The van der Waals surface area contributed by atoms with Crippen LogP contribution in [0, 0.1) is 0 Å². The molecule has 6 nitrogen and oxygen atoms in total. The van der Waals surface area contributed by atoms with Crippen LogP contribution >= 0.6 is 0 Å². The zero-order valence-corrected chi connectivity index (χ0v) is 14.0. The predicted octanol–water partition coefficient (Wildman–Crippen LogP) is 2.54. The molecule has 1 aromatic heterocycles. The molecule has 1 unspecified atom stereocenters. The van der Waals surface area contributed by atoms with Gasteiger partial charge in [-0.15, -0.1) is 0 Å². The summed E-state index contributed by atoms with van der Waals surface area (Å²) in [6.07, 6.45) is 2.47. The van der Waals surface area contributed by atoms with Crippen molar-refractivity contribution in [3.05, 3.63) is 54.0 Å². The van der Waals surface area contributed by atoms with Gasteiger partial charge < -0.3 is 20.4 Å². The van der Waals surface area contributed by atoms with Crippen molar-refractivity contribution in [1.29, 1.82) is 0 Å². The summed E-state index contributed by atoms with van der Waals surface area (Å²) >= 11 is 0. The van der Waals surface area contributed by atoms with Crippen LogP contribution in [0.25, 0.3) is 0 Å². The van der Waals surface area contributed by atoms with Crippen LogP contribution < -0.4 is 16.0 Å². The first-order valence-corrected chi connectivity index (χ1v) is 8.02. The zero-order valence-electron chi connectivity index (χ0n) is 14.0. The Morgan fingerprint density at radius 1 is 1.17 bits per heavy atom. The second kappa shape index (κ2) is 8.88. The van der Waals surface area contributed by atoms with Gasteiger partial charge in [-0.3, -0.25) is 9.59 Å². The third-order valence-electron chi connectivity index (χ3n) is 3.59. The molecule has 0 radical (unpaired) electrons. The average Bonchev–Trinajstić information content (AvgIpc) is 3.08. The molecule has 0 fully saturated rings. The Balaban J connectivity index is 1.78. The summed E-state index contributed by atoms with van der Waals surface area (Å²) in [6.45, 7) is 4.65.